The van der Waals surface area contributed by atoms with Gasteiger partial charge in [0.25, 0.3) is 0 Å². The maximum Gasteiger partial charge on any atom is 0.178 e. The number of fused-ring (bicyclic) bond motifs is 3. The van der Waals surface area contributed by atoms with E-state index in [4.69, 9.17) is 11.6 Å². The molecular formula is C25H19ClN2O3S. The number of sulfone groups is 1. The standard InChI is InChI=1S/C25H19ClN2O3S/c1-2-32(30,31)19-5-3-4-16(12-19)20-10-11-21(15-6-8-18(29)9-7-15)24-23(20)22-13-17(26)14-27-25(22)28-24/h3-14,29H,2H2,1H3,(H,27,28). The number of phenols is 1. The summed E-state index contributed by atoms with van der Waals surface area (Å²) in [5, 5.41) is 12.0. The summed E-state index contributed by atoms with van der Waals surface area (Å²) in [6.45, 7) is 1.64. The number of nitrogens with one attached hydrogen (secondary N) is 1. The van der Waals surface area contributed by atoms with Gasteiger partial charge in [-0.05, 0) is 47.0 Å². The van der Waals surface area contributed by atoms with E-state index in [1.165, 1.54) is 0 Å². The van der Waals surface area contributed by atoms with E-state index in [1.807, 2.05) is 36.4 Å². The molecule has 0 saturated heterocycles. The second kappa shape index (κ2) is 7.65. The zero-order chi connectivity index (χ0) is 22.5. The fraction of sp³-hybridized carbons (Fsp3) is 0.0800. The summed E-state index contributed by atoms with van der Waals surface area (Å²) >= 11 is 6.27. The smallest absolute Gasteiger partial charge is 0.178 e. The number of hydrogen-bond acceptors (Lipinski definition) is 4. The Labute approximate surface area is 190 Å². The minimum atomic E-state index is -3.34. The Balaban J connectivity index is 1.84. The van der Waals surface area contributed by atoms with Crippen LogP contribution in [0.2, 0.25) is 5.02 Å². The lowest BCUT2D eigenvalue weighted by Gasteiger charge is -2.11. The molecule has 3 aromatic carbocycles. The van der Waals surface area contributed by atoms with Crippen LogP contribution in [0.3, 0.4) is 0 Å². The Kier molecular flexibility index (Phi) is 4.92. The lowest BCUT2D eigenvalue weighted by atomic mass is 9.95. The third-order valence-electron chi connectivity index (χ3n) is 5.63. The van der Waals surface area contributed by atoms with E-state index >= 15 is 0 Å². The van der Waals surface area contributed by atoms with Crippen molar-refractivity contribution in [3.8, 4) is 28.0 Å². The molecule has 5 rings (SSSR count). The fourth-order valence-corrected chi connectivity index (χ4v) is 5.09. The maximum atomic E-state index is 12.5. The first-order chi connectivity index (χ1) is 15.4. The summed E-state index contributed by atoms with van der Waals surface area (Å²) in [5.74, 6) is 0.235. The molecule has 0 aliphatic heterocycles. The largest absolute Gasteiger partial charge is 0.508 e. The molecule has 2 heterocycles. The first-order valence-corrected chi connectivity index (χ1v) is 12.1. The number of pyridine rings is 1. The quantitative estimate of drug-likeness (QED) is 0.333. The molecule has 2 N–H and O–H groups in total. The molecule has 32 heavy (non-hydrogen) atoms. The number of rotatable bonds is 4. The summed E-state index contributed by atoms with van der Waals surface area (Å²) in [4.78, 5) is 8.15. The molecule has 0 unspecified atom stereocenters. The van der Waals surface area contributed by atoms with Crippen molar-refractivity contribution in [3.63, 3.8) is 0 Å². The van der Waals surface area contributed by atoms with Crippen LogP contribution in [-0.2, 0) is 9.84 Å². The van der Waals surface area contributed by atoms with Gasteiger partial charge in [-0.25, -0.2) is 13.4 Å². The first kappa shape index (κ1) is 20.5. The number of H-pyrrole nitrogens is 1. The van der Waals surface area contributed by atoms with Gasteiger partial charge in [-0.3, -0.25) is 0 Å². The highest BCUT2D eigenvalue weighted by atomic mass is 35.5. The van der Waals surface area contributed by atoms with Crippen molar-refractivity contribution >= 4 is 43.4 Å². The van der Waals surface area contributed by atoms with Gasteiger partial charge in [-0.2, -0.15) is 0 Å². The first-order valence-electron chi connectivity index (χ1n) is 10.1. The van der Waals surface area contributed by atoms with Crippen LogP contribution in [0.5, 0.6) is 5.75 Å². The van der Waals surface area contributed by atoms with E-state index < -0.39 is 9.84 Å². The van der Waals surface area contributed by atoms with Gasteiger partial charge < -0.3 is 10.1 Å². The summed E-state index contributed by atoms with van der Waals surface area (Å²) in [5.41, 5.74) is 5.10. The van der Waals surface area contributed by atoms with E-state index in [0.29, 0.717) is 15.6 Å². The molecule has 5 aromatic rings. The number of halogens is 1. The van der Waals surface area contributed by atoms with Crippen molar-refractivity contribution in [2.75, 3.05) is 5.75 Å². The molecule has 5 nitrogen and oxygen atoms in total. The number of phenolic OH excluding ortho intramolecular Hbond substituents is 1. The van der Waals surface area contributed by atoms with Gasteiger partial charge in [0.15, 0.2) is 9.84 Å². The minimum Gasteiger partial charge on any atom is -0.508 e. The molecule has 0 saturated carbocycles. The molecule has 2 aromatic heterocycles. The van der Waals surface area contributed by atoms with E-state index in [-0.39, 0.29) is 11.5 Å². The number of nitrogens with zero attached hydrogens (tertiary/aromatic N) is 1. The molecule has 0 spiro atoms. The Bertz CT molecular complexity index is 1590. The van der Waals surface area contributed by atoms with Crippen molar-refractivity contribution in [1.82, 2.24) is 9.97 Å². The van der Waals surface area contributed by atoms with Crippen LogP contribution in [0.1, 0.15) is 6.92 Å². The van der Waals surface area contributed by atoms with Crippen molar-refractivity contribution in [1.29, 1.82) is 0 Å². The molecule has 7 heteroatoms. The number of aromatic hydroxyl groups is 1. The second-order valence-corrected chi connectivity index (χ2v) is 10.3. The number of aromatic nitrogens is 2. The van der Waals surface area contributed by atoms with E-state index in [1.54, 1.807) is 43.5 Å². The predicted octanol–water partition coefficient (Wildman–Crippen LogP) is 6.20. The van der Waals surface area contributed by atoms with Gasteiger partial charge in [-0.1, -0.05) is 54.9 Å². The van der Waals surface area contributed by atoms with Gasteiger partial charge in [0.1, 0.15) is 11.4 Å². The molecule has 0 aliphatic carbocycles. The third kappa shape index (κ3) is 3.42. The summed E-state index contributed by atoms with van der Waals surface area (Å²) in [6, 6.07) is 19.8. The van der Waals surface area contributed by atoms with Crippen LogP contribution >= 0.6 is 11.6 Å². The van der Waals surface area contributed by atoms with Crippen molar-refractivity contribution < 1.29 is 13.5 Å². The SMILES string of the molecule is CCS(=O)(=O)c1cccc(-c2ccc(-c3ccc(O)cc3)c3[nH]c4ncc(Cl)cc4c23)c1. The van der Waals surface area contributed by atoms with Crippen LogP contribution in [-0.4, -0.2) is 29.2 Å². The molecule has 0 atom stereocenters. The normalized spacial score (nSPS) is 11.9. The number of aromatic amines is 1. The number of hydrogen-bond donors (Lipinski definition) is 2. The van der Waals surface area contributed by atoms with E-state index in [2.05, 4.69) is 9.97 Å². The molecule has 0 fully saturated rings. The fourth-order valence-electron chi connectivity index (χ4n) is 4.01. The third-order valence-corrected chi connectivity index (χ3v) is 7.57. The van der Waals surface area contributed by atoms with Crippen LogP contribution in [0, 0.1) is 0 Å². The molecular weight excluding hydrogens is 444 g/mol. The zero-order valence-corrected chi connectivity index (χ0v) is 18.7. The van der Waals surface area contributed by atoms with Crippen LogP contribution in [0.15, 0.2) is 77.8 Å². The lowest BCUT2D eigenvalue weighted by molar-refractivity contribution is 0.475. The maximum absolute atomic E-state index is 12.5. The van der Waals surface area contributed by atoms with Gasteiger partial charge in [-0.15, -0.1) is 0 Å². The van der Waals surface area contributed by atoms with Gasteiger partial charge in [0.05, 0.1) is 21.2 Å². The second-order valence-electron chi connectivity index (χ2n) is 7.56. The summed E-state index contributed by atoms with van der Waals surface area (Å²) in [7, 11) is -3.34. The highest BCUT2D eigenvalue weighted by Gasteiger charge is 2.18. The Hall–Kier alpha value is -3.35. The van der Waals surface area contributed by atoms with Gasteiger partial charge in [0.2, 0.25) is 0 Å². The van der Waals surface area contributed by atoms with Gasteiger partial charge in [0, 0.05) is 22.5 Å². The van der Waals surface area contributed by atoms with Crippen LogP contribution in [0.4, 0.5) is 0 Å². The molecule has 0 amide bonds. The predicted molar refractivity (Wildman–Crippen MR) is 129 cm³/mol. The average molecular weight is 463 g/mol. The Morgan fingerprint density at radius 2 is 1.72 bits per heavy atom. The summed E-state index contributed by atoms with van der Waals surface area (Å²) < 4.78 is 24.9. The van der Waals surface area contributed by atoms with Crippen LogP contribution in [0.25, 0.3) is 44.2 Å². The van der Waals surface area contributed by atoms with Crippen molar-refractivity contribution in [2.45, 2.75) is 11.8 Å². The Morgan fingerprint density at radius 1 is 0.969 bits per heavy atom. The molecule has 0 radical (unpaired) electrons. The monoisotopic (exact) mass is 462 g/mol. The topological polar surface area (TPSA) is 83.0 Å². The lowest BCUT2D eigenvalue weighted by Crippen LogP contribution is -2.03. The summed E-state index contributed by atoms with van der Waals surface area (Å²) in [6.07, 6.45) is 1.59. The Morgan fingerprint density at radius 3 is 2.47 bits per heavy atom. The molecule has 160 valence electrons. The van der Waals surface area contributed by atoms with E-state index in [9.17, 15) is 13.5 Å². The zero-order valence-electron chi connectivity index (χ0n) is 17.1. The number of benzene rings is 3. The molecule has 0 bridgehead atoms. The van der Waals surface area contributed by atoms with E-state index in [0.717, 1.165) is 38.5 Å². The van der Waals surface area contributed by atoms with Crippen LogP contribution < -0.4 is 0 Å². The van der Waals surface area contributed by atoms with Crippen molar-refractivity contribution in [3.05, 3.63) is 77.9 Å². The minimum absolute atomic E-state index is 0.0399. The highest BCUT2D eigenvalue weighted by Crippen LogP contribution is 2.40. The highest BCUT2D eigenvalue weighted by molar-refractivity contribution is 7.91. The van der Waals surface area contributed by atoms with Gasteiger partial charge >= 0.3 is 0 Å². The molecule has 0 aliphatic rings. The van der Waals surface area contributed by atoms with Crippen molar-refractivity contribution in [2.24, 2.45) is 0 Å². The average Bonchev–Trinajstić information content (AvgIpc) is 3.18.